The largest absolute Gasteiger partial charge is 0.370 e. The van der Waals surface area contributed by atoms with E-state index in [0.717, 1.165) is 30.8 Å². The Morgan fingerprint density at radius 1 is 1.40 bits per heavy atom. The fourth-order valence-electron chi connectivity index (χ4n) is 3.59. The Morgan fingerprint density at radius 3 is 3.08 bits per heavy atom. The lowest BCUT2D eigenvalue weighted by Crippen LogP contribution is -2.51. The molecule has 2 atom stereocenters. The second-order valence-electron chi connectivity index (χ2n) is 6.74. The second-order valence-corrected chi connectivity index (χ2v) is 6.74. The van der Waals surface area contributed by atoms with Crippen LogP contribution in [-0.4, -0.2) is 68.5 Å². The van der Waals surface area contributed by atoms with Crippen LogP contribution in [0.3, 0.4) is 0 Å². The molecule has 0 radical (unpaired) electrons. The predicted octanol–water partition coefficient (Wildman–Crippen LogP) is 0.477. The summed E-state index contributed by atoms with van der Waals surface area (Å²) in [4.78, 5) is 20.7. The van der Waals surface area contributed by atoms with E-state index in [1.54, 1.807) is 18.6 Å². The highest BCUT2D eigenvalue weighted by Crippen LogP contribution is 2.30. The van der Waals surface area contributed by atoms with Gasteiger partial charge in [-0.05, 0) is 31.2 Å². The molecular weight excluding hydrogens is 320 g/mol. The van der Waals surface area contributed by atoms with Gasteiger partial charge in [0.1, 0.15) is 0 Å². The summed E-state index contributed by atoms with van der Waals surface area (Å²) in [5, 5.41) is 8.16. The molecule has 132 valence electrons. The minimum atomic E-state index is 0.0643. The normalized spacial score (nSPS) is 22.6. The van der Waals surface area contributed by atoms with Gasteiger partial charge >= 0.3 is 0 Å². The van der Waals surface area contributed by atoms with Crippen LogP contribution in [-0.2, 0) is 22.7 Å². The molecule has 2 aromatic heterocycles. The highest BCUT2D eigenvalue weighted by molar-refractivity contribution is 5.78. The van der Waals surface area contributed by atoms with Crippen molar-refractivity contribution in [1.82, 2.24) is 29.8 Å². The van der Waals surface area contributed by atoms with E-state index in [9.17, 15) is 4.79 Å². The van der Waals surface area contributed by atoms with Crippen molar-refractivity contribution in [2.24, 2.45) is 0 Å². The van der Waals surface area contributed by atoms with Crippen molar-refractivity contribution in [3.63, 3.8) is 0 Å². The lowest BCUT2D eigenvalue weighted by molar-refractivity contribution is -0.139. The Balaban J connectivity index is 1.37. The van der Waals surface area contributed by atoms with Gasteiger partial charge in [-0.15, -0.1) is 5.10 Å². The first-order valence-electron chi connectivity index (χ1n) is 8.56. The summed E-state index contributed by atoms with van der Waals surface area (Å²) in [7, 11) is 1.96. The zero-order valence-corrected chi connectivity index (χ0v) is 14.3. The molecule has 1 fully saturated rings. The van der Waals surface area contributed by atoms with Crippen molar-refractivity contribution in [3.05, 3.63) is 42.0 Å². The lowest BCUT2D eigenvalue weighted by Gasteiger charge is -2.41. The molecule has 8 nitrogen and oxygen atoms in total. The summed E-state index contributed by atoms with van der Waals surface area (Å²) in [6, 6.07) is 4.00. The van der Waals surface area contributed by atoms with Gasteiger partial charge in [0.15, 0.2) is 0 Å². The molecule has 0 N–H and O–H groups in total. The van der Waals surface area contributed by atoms with Gasteiger partial charge in [-0.2, -0.15) is 0 Å². The van der Waals surface area contributed by atoms with Crippen LogP contribution in [0.4, 0.5) is 0 Å². The molecule has 0 bridgehead atoms. The molecule has 0 aliphatic carbocycles. The van der Waals surface area contributed by atoms with Gasteiger partial charge in [-0.25, -0.2) is 4.68 Å². The summed E-state index contributed by atoms with van der Waals surface area (Å²) < 4.78 is 7.82. The third-order valence-electron chi connectivity index (χ3n) is 4.89. The molecule has 8 heteroatoms. The average molecular weight is 342 g/mol. The average Bonchev–Trinajstić information content (AvgIpc) is 3.11. The van der Waals surface area contributed by atoms with E-state index >= 15 is 0 Å². The van der Waals surface area contributed by atoms with E-state index in [1.807, 2.05) is 33.7 Å². The quantitative estimate of drug-likeness (QED) is 0.804. The van der Waals surface area contributed by atoms with E-state index in [4.69, 9.17) is 4.74 Å². The number of hydrogen-bond donors (Lipinski definition) is 0. The summed E-state index contributed by atoms with van der Waals surface area (Å²) in [6.07, 6.45) is 6.24. The third kappa shape index (κ3) is 3.40. The molecule has 4 rings (SSSR count). The second kappa shape index (κ2) is 6.89. The number of ether oxygens (including phenoxy) is 1. The number of likely N-dealkylation sites (tertiary alicyclic amines) is 1. The van der Waals surface area contributed by atoms with Crippen molar-refractivity contribution < 1.29 is 9.53 Å². The molecular formula is C17H22N6O2. The first-order valence-corrected chi connectivity index (χ1v) is 8.56. The summed E-state index contributed by atoms with van der Waals surface area (Å²) in [6.45, 7) is 3.03. The van der Waals surface area contributed by atoms with E-state index in [-0.39, 0.29) is 18.1 Å². The predicted molar refractivity (Wildman–Crippen MR) is 89.4 cm³/mol. The molecule has 2 aromatic rings. The summed E-state index contributed by atoms with van der Waals surface area (Å²) in [5.41, 5.74) is 2.13. The minimum absolute atomic E-state index is 0.0643. The van der Waals surface area contributed by atoms with Gasteiger partial charge in [0.05, 0.1) is 37.2 Å². The van der Waals surface area contributed by atoms with Gasteiger partial charge in [-0.1, -0.05) is 5.21 Å². The molecule has 1 amide bonds. The Hall–Kier alpha value is -2.32. The van der Waals surface area contributed by atoms with Crippen LogP contribution in [0.5, 0.6) is 0 Å². The molecule has 0 aromatic carbocycles. The van der Waals surface area contributed by atoms with E-state index in [1.165, 1.54) is 0 Å². The van der Waals surface area contributed by atoms with E-state index in [2.05, 4.69) is 15.3 Å². The van der Waals surface area contributed by atoms with Crippen LogP contribution in [0, 0.1) is 0 Å². The van der Waals surface area contributed by atoms with Gasteiger partial charge in [-0.3, -0.25) is 14.7 Å². The van der Waals surface area contributed by atoms with Crippen LogP contribution >= 0.6 is 0 Å². The lowest BCUT2D eigenvalue weighted by atomic mass is 10.0. The first kappa shape index (κ1) is 16.2. The standard InChI is InChI=1S/C17H22N6O2/c1-21(9-13-2-5-18-6-3-13)11-17(24)22-7-4-16-15(10-22)23-14(12-25-16)8-19-20-23/h2-3,5-6,8,15-16H,4,7,9-12H2,1H3/t15-,16-/m0/s1. The van der Waals surface area contributed by atoms with E-state index < -0.39 is 0 Å². The third-order valence-corrected chi connectivity index (χ3v) is 4.89. The zero-order valence-electron chi connectivity index (χ0n) is 14.3. The maximum absolute atomic E-state index is 12.7. The SMILES string of the molecule is CN(CC(=O)N1CC[C@@H]2OCc3cnnn3[C@H]2C1)Cc1ccncc1. The van der Waals surface area contributed by atoms with Crippen molar-refractivity contribution in [3.8, 4) is 0 Å². The molecule has 2 aliphatic rings. The monoisotopic (exact) mass is 342 g/mol. The first-order chi connectivity index (χ1) is 12.2. The van der Waals surface area contributed by atoms with Crippen molar-refractivity contribution in [2.45, 2.75) is 31.7 Å². The topological polar surface area (TPSA) is 76.4 Å². The Morgan fingerprint density at radius 2 is 2.24 bits per heavy atom. The van der Waals surface area contributed by atoms with Gasteiger partial charge in [0.2, 0.25) is 5.91 Å². The Labute approximate surface area is 146 Å². The number of rotatable bonds is 4. The maximum Gasteiger partial charge on any atom is 0.236 e. The van der Waals surface area contributed by atoms with Crippen molar-refractivity contribution >= 4 is 5.91 Å². The number of carbonyl (C=O) groups is 1. The number of pyridine rings is 1. The highest BCUT2D eigenvalue weighted by Gasteiger charge is 2.37. The van der Waals surface area contributed by atoms with Crippen molar-refractivity contribution in [2.75, 3.05) is 26.7 Å². The Kier molecular flexibility index (Phi) is 4.46. The van der Waals surface area contributed by atoms with Gasteiger partial charge < -0.3 is 9.64 Å². The molecule has 4 heterocycles. The molecule has 2 aliphatic heterocycles. The van der Waals surface area contributed by atoms with E-state index in [0.29, 0.717) is 19.7 Å². The molecule has 25 heavy (non-hydrogen) atoms. The Bertz CT molecular complexity index is 734. The maximum atomic E-state index is 12.7. The molecule has 0 spiro atoms. The summed E-state index contributed by atoms with van der Waals surface area (Å²) >= 11 is 0. The van der Waals surface area contributed by atoms with Crippen LogP contribution in [0.1, 0.15) is 23.7 Å². The van der Waals surface area contributed by atoms with Crippen LogP contribution in [0.15, 0.2) is 30.7 Å². The highest BCUT2D eigenvalue weighted by atomic mass is 16.5. The van der Waals surface area contributed by atoms with Crippen molar-refractivity contribution in [1.29, 1.82) is 0 Å². The minimum Gasteiger partial charge on any atom is -0.370 e. The number of nitrogens with zero attached hydrogens (tertiary/aromatic N) is 6. The van der Waals surface area contributed by atoms with Gasteiger partial charge in [0, 0.05) is 32.0 Å². The molecule has 0 unspecified atom stereocenters. The fourth-order valence-corrected chi connectivity index (χ4v) is 3.59. The van der Waals surface area contributed by atoms with Gasteiger partial charge in [0.25, 0.3) is 0 Å². The zero-order chi connectivity index (χ0) is 17.2. The number of amides is 1. The number of likely N-dealkylation sites (N-methyl/N-ethyl adjacent to an activating group) is 1. The van der Waals surface area contributed by atoms with Crippen LogP contribution in [0.2, 0.25) is 0 Å². The summed E-state index contributed by atoms with van der Waals surface area (Å²) in [5.74, 6) is 0.141. The number of hydrogen-bond acceptors (Lipinski definition) is 6. The number of fused-ring (bicyclic) bond motifs is 3. The van der Waals surface area contributed by atoms with Crippen LogP contribution in [0.25, 0.3) is 0 Å². The number of aromatic nitrogens is 4. The smallest absolute Gasteiger partial charge is 0.236 e. The fraction of sp³-hybridized carbons (Fsp3) is 0.529. The number of piperidine rings is 1. The molecule has 1 saturated heterocycles. The molecule has 0 saturated carbocycles. The number of carbonyl (C=O) groups excluding carboxylic acids is 1. The van der Waals surface area contributed by atoms with Crippen LogP contribution < -0.4 is 0 Å².